The molecule has 0 aliphatic heterocycles. The Morgan fingerprint density at radius 3 is 2.31 bits per heavy atom. The van der Waals surface area contributed by atoms with Crippen molar-refractivity contribution in [2.24, 2.45) is 0 Å². The topological polar surface area (TPSA) is 80.3 Å². The normalized spacial score (nSPS) is 11.0. The van der Waals surface area contributed by atoms with E-state index >= 15 is 0 Å². The summed E-state index contributed by atoms with van der Waals surface area (Å²) in [7, 11) is -1.69. The fourth-order valence-electron chi connectivity index (χ4n) is 2.48. The Morgan fingerprint density at radius 2 is 1.62 bits per heavy atom. The van der Waals surface area contributed by atoms with Crippen molar-refractivity contribution in [3.8, 4) is 16.9 Å². The van der Waals surface area contributed by atoms with E-state index in [1.54, 1.807) is 37.7 Å². The minimum absolute atomic E-state index is 0.513. The zero-order valence-corrected chi connectivity index (χ0v) is 15.2. The number of rotatable bonds is 6. The Bertz CT molecular complexity index is 1000. The number of sulfonamides is 1. The van der Waals surface area contributed by atoms with Gasteiger partial charge in [-0.05, 0) is 48.0 Å². The minimum atomic E-state index is -3.32. The largest absolute Gasteiger partial charge is 0.497 e. The van der Waals surface area contributed by atoms with Crippen molar-refractivity contribution < 1.29 is 13.2 Å². The molecule has 0 amide bonds. The van der Waals surface area contributed by atoms with Crippen LogP contribution in [0.2, 0.25) is 0 Å². The van der Waals surface area contributed by atoms with E-state index in [0.717, 1.165) is 34.5 Å². The van der Waals surface area contributed by atoms with Gasteiger partial charge in [-0.15, -0.1) is 0 Å². The summed E-state index contributed by atoms with van der Waals surface area (Å²) in [6.45, 7) is 0. The van der Waals surface area contributed by atoms with E-state index in [0.29, 0.717) is 5.69 Å². The molecule has 0 aliphatic carbocycles. The fourth-order valence-corrected chi connectivity index (χ4v) is 3.04. The second kappa shape index (κ2) is 7.45. The molecule has 6 nitrogen and oxygen atoms in total. The number of nitrogens with zero attached hydrogens (tertiary/aromatic N) is 1. The predicted octanol–water partition coefficient (Wildman–Crippen LogP) is 3.87. The standard InChI is InChI=1S/C19H19N3O3S/c1-25-19-8-6-16(7-9-19)21-18-11-15(12-20-13-18)14-4-3-5-17(10-14)22-26(2,23)24/h3-13,21-22H,1-2H3. The number of hydrogen-bond acceptors (Lipinski definition) is 5. The first-order valence-corrected chi connectivity index (χ1v) is 9.76. The third kappa shape index (κ3) is 4.73. The molecule has 3 aromatic rings. The van der Waals surface area contributed by atoms with Crippen molar-refractivity contribution in [2.75, 3.05) is 23.4 Å². The lowest BCUT2D eigenvalue weighted by atomic mass is 10.1. The van der Waals surface area contributed by atoms with Crippen LogP contribution in [0.15, 0.2) is 67.0 Å². The molecule has 0 saturated carbocycles. The van der Waals surface area contributed by atoms with Crippen molar-refractivity contribution in [1.82, 2.24) is 4.98 Å². The van der Waals surface area contributed by atoms with Crippen LogP contribution < -0.4 is 14.8 Å². The van der Waals surface area contributed by atoms with Crippen LogP contribution in [0, 0.1) is 0 Å². The number of hydrogen-bond donors (Lipinski definition) is 2. The summed E-state index contributed by atoms with van der Waals surface area (Å²) < 4.78 is 30.5. The van der Waals surface area contributed by atoms with Crippen LogP contribution in [0.5, 0.6) is 5.75 Å². The summed E-state index contributed by atoms with van der Waals surface area (Å²) in [6, 6.07) is 16.7. The van der Waals surface area contributed by atoms with Gasteiger partial charge in [0.2, 0.25) is 10.0 Å². The van der Waals surface area contributed by atoms with E-state index in [-0.39, 0.29) is 0 Å². The summed E-state index contributed by atoms with van der Waals surface area (Å²) >= 11 is 0. The highest BCUT2D eigenvalue weighted by molar-refractivity contribution is 7.92. The lowest BCUT2D eigenvalue weighted by molar-refractivity contribution is 0.415. The van der Waals surface area contributed by atoms with Gasteiger partial charge in [0.1, 0.15) is 5.75 Å². The number of aromatic nitrogens is 1. The second-order valence-corrected chi connectivity index (χ2v) is 7.52. The van der Waals surface area contributed by atoms with Crippen molar-refractivity contribution in [3.63, 3.8) is 0 Å². The SMILES string of the molecule is COc1ccc(Nc2cncc(-c3cccc(NS(C)(=O)=O)c3)c2)cc1. The quantitative estimate of drug-likeness (QED) is 0.689. The second-order valence-electron chi connectivity index (χ2n) is 5.77. The van der Waals surface area contributed by atoms with E-state index in [4.69, 9.17) is 4.74 Å². The molecule has 1 aromatic heterocycles. The van der Waals surface area contributed by atoms with Crippen LogP contribution in [-0.4, -0.2) is 26.8 Å². The first-order chi connectivity index (χ1) is 12.4. The molecular formula is C19H19N3O3S. The lowest BCUT2D eigenvalue weighted by Gasteiger charge is -2.10. The third-order valence-corrected chi connectivity index (χ3v) is 4.22. The van der Waals surface area contributed by atoms with E-state index in [1.807, 2.05) is 36.4 Å². The van der Waals surface area contributed by atoms with Gasteiger partial charge in [0.15, 0.2) is 0 Å². The van der Waals surface area contributed by atoms with Gasteiger partial charge in [0.05, 0.1) is 25.2 Å². The molecule has 7 heteroatoms. The molecule has 2 aromatic carbocycles. The predicted molar refractivity (Wildman–Crippen MR) is 104 cm³/mol. The molecule has 0 bridgehead atoms. The van der Waals surface area contributed by atoms with Crippen LogP contribution in [-0.2, 0) is 10.0 Å². The van der Waals surface area contributed by atoms with Gasteiger partial charge in [0, 0.05) is 23.1 Å². The van der Waals surface area contributed by atoms with E-state index in [2.05, 4.69) is 15.0 Å². The monoisotopic (exact) mass is 369 g/mol. The summed E-state index contributed by atoms with van der Waals surface area (Å²) in [5.74, 6) is 0.789. The Kier molecular flexibility index (Phi) is 5.09. The molecular weight excluding hydrogens is 350 g/mol. The number of methoxy groups -OCH3 is 1. The fraction of sp³-hybridized carbons (Fsp3) is 0.105. The van der Waals surface area contributed by atoms with Gasteiger partial charge in [0.25, 0.3) is 0 Å². The van der Waals surface area contributed by atoms with Gasteiger partial charge >= 0.3 is 0 Å². The van der Waals surface area contributed by atoms with E-state index in [9.17, 15) is 8.42 Å². The van der Waals surface area contributed by atoms with Crippen LogP contribution in [0.4, 0.5) is 17.1 Å². The molecule has 0 unspecified atom stereocenters. The maximum atomic E-state index is 11.4. The number of anilines is 3. The zero-order chi connectivity index (χ0) is 18.6. The molecule has 2 N–H and O–H groups in total. The first-order valence-electron chi connectivity index (χ1n) is 7.87. The Morgan fingerprint density at radius 1 is 0.885 bits per heavy atom. The van der Waals surface area contributed by atoms with E-state index < -0.39 is 10.0 Å². The average Bonchev–Trinajstić information content (AvgIpc) is 2.61. The number of nitrogens with one attached hydrogen (secondary N) is 2. The van der Waals surface area contributed by atoms with Gasteiger partial charge < -0.3 is 10.1 Å². The van der Waals surface area contributed by atoms with Crippen molar-refractivity contribution >= 4 is 27.1 Å². The zero-order valence-electron chi connectivity index (χ0n) is 14.4. The first kappa shape index (κ1) is 17.8. The summed E-state index contributed by atoms with van der Waals surface area (Å²) in [5.41, 5.74) is 4.00. The molecule has 134 valence electrons. The minimum Gasteiger partial charge on any atom is -0.497 e. The summed E-state index contributed by atoms with van der Waals surface area (Å²) in [5, 5.41) is 3.29. The Balaban J connectivity index is 1.83. The van der Waals surface area contributed by atoms with Crippen LogP contribution in [0.1, 0.15) is 0 Å². The smallest absolute Gasteiger partial charge is 0.229 e. The van der Waals surface area contributed by atoms with Crippen LogP contribution >= 0.6 is 0 Å². The van der Waals surface area contributed by atoms with Gasteiger partial charge in [-0.25, -0.2) is 8.42 Å². The molecule has 0 radical (unpaired) electrons. The average molecular weight is 369 g/mol. The molecule has 0 spiro atoms. The van der Waals surface area contributed by atoms with Crippen LogP contribution in [0.3, 0.4) is 0 Å². The molecule has 0 fully saturated rings. The maximum absolute atomic E-state index is 11.4. The van der Waals surface area contributed by atoms with Crippen molar-refractivity contribution in [2.45, 2.75) is 0 Å². The highest BCUT2D eigenvalue weighted by Gasteiger charge is 2.05. The van der Waals surface area contributed by atoms with Gasteiger partial charge in [-0.3, -0.25) is 9.71 Å². The highest BCUT2D eigenvalue weighted by atomic mass is 32.2. The molecule has 0 saturated heterocycles. The number of benzene rings is 2. The number of pyridine rings is 1. The Labute approximate surface area is 152 Å². The molecule has 0 atom stereocenters. The van der Waals surface area contributed by atoms with Crippen molar-refractivity contribution in [1.29, 1.82) is 0 Å². The molecule has 26 heavy (non-hydrogen) atoms. The highest BCUT2D eigenvalue weighted by Crippen LogP contribution is 2.26. The Hall–Kier alpha value is -3.06. The molecule has 1 heterocycles. The van der Waals surface area contributed by atoms with Crippen molar-refractivity contribution in [3.05, 3.63) is 67.0 Å². The lowest BCUT2D eigenvalue weighted by Crippen LogP contribution is -2.09. The molecule has 0 aliphatic rings. The van der Waals surface area contributed by atoms with Gasteiger partial charge in [-0.2, -0.15) is 0 Å². The van der Waals surface area contributed by atoms with E-state index in [1.165, 1.54) is 0 Å². The summed E-state index contributed by atoms with van der Waals surface area (Å²) in [4.78, 5) is 4.27. The maximum Gasteiger partial charge on any atom is 0.229 e. The third-order valence-electron chi connectivity index (χ3n) is 3.62. The van der Waals surface area contributed by atoms with Gasteiger partial charge in [-0.1, -0.05) is 12.1 Å². The number of ether oxygens (including phenoxy) is 1. The summed E-state index contributed by atoms with van der Waals surface area (Å²) in [6.07, 6.45) is 4.59. The van der Waals surface area contributed by atoms with Crippen LogP contribution in [0.25, 0.3) is 11.1 Å². The molecule has 3 rings (SSSR count).